The molecular formula is C13H19N5O3. The van der Waals surface area contributed by atoms with Crippen molar-refractivity contribution < 1.29 is 14.7 Å². The highest BCUT2D eigenvalue weighted by molar-refractivity contribution is 6.10. The molecule has 0 radical (unpaired) electrons. The van der Waals surface area contributed by atoms with Crippen LogP contribution in [0, 0.1) is 0 Å². The lowest BCUT2D eigenvalue weighted by Crippen LogP contribution is -2.59. The van der Waals surface area contributed by atoms with Crippen molar-refractivity contribution in [2.45, 2.75) is 44.2 Å². The Kier molecular flexibility index (Phi) is 3.30. The Morgan fingerprint density at radius 2 is 1.90 bits per heavy atom. The molecule has 3 aliphatic heterocycles. The number of hydrogen-bond acceptors (Lipinski definition) is 6. The number of nitrogens with zero attached hydrogens (tertiary/aromatic N) is 4. The monoisotopic (exact) mass is 293 g/mol. The number of fused-ring (bicyclic) bond motifs is 1. The summed E-state index contributed by atoms with van der Waals surface area (Å²) in [7, 11) is 0. The summed E-state index contributed by atoms with van der Waals surface area (Å²) in [6, 6.07) is 0. The Bertz CT molecular complexity index is 536. The summed E-state index contributed by atoms with van der Waals surface area (Å²) in [5, 5.41) is 9.58. The van der Waals surface area contributed by atoms with Gasteiger partial charge in [0.15, 0.2) is 0 Å². The van der Waals surface area contributed by atoms with Crippen LogP contribution < -0.4 is 5.73 Å². The predicted octanol–water partition coefficient (Wildman–Crippen LogP) is -0.0500. The second kappa shape index (κ2) is 5.01. The SMILES string of the molecule is NC1=NC(N2CCCCCC2)=NC2(C(=O)O)CCC(=O)N12. The zero-order valence-electron chi connectivity index (χ0n) is 11.8. The molecular weight excluding hydrogens is 274 g/mol. The maximum absolute atomic E-state index is 11.9. The fraction of sp³-hybridized carbons (Fsp3) is 0.692. The Hall–Kier alpha value is -2.12. The van der Waals surface area contributed by atoms with Gasteiger partial charge >= 0.3 is 5.97 Å². The van der Waals surface area contributed by atoms with Gasteiger partial charge in [-0.05, 0) is 12.8 Å². The highest BCUT2D eigenvalue weighted by atomic mass is 16.4. The molecule has 114 valence electrons. The Balaban J connectivity index is 1.98. The van der Waals surface area contributed by atoms with E-state index in [1.54, 1.807) is 0 Å². The van der Waals surface area contributed by atoms with E-state index in [1.165, 1.54) is 0 Å². The fourth-order valence-electron chi connectivity index (χ4n) is 3.14. The molecule has 3 N–H and O–H groups in total. The van der Waals surface area contributed by atoms with Gasteiger partial charge in [-0.2, -0.15) is 4.99 Å². The number of carboxylic acid groups (broad SMARTS) is 1. The number of rotatable bonds is 1. The lowest BCUT2D eigenvalue weighted by Gasteiger charge is -2.35. The third-order valence-electron chi connectivity index (χ3n) is 4.27. The fourth-order valence-corrected chi connectivity index (χ4v) is 3.14. The van der Waals surface area contributed by atoms with Crippen LogP contribution in [0.1, 0.15) is 38.5 Å². The number of aliphatic imine (C=N–C) groups is 2. The minimum Gasteiger partial charge on any atom is -0.478 e. The van der Waals surface area contributed by atoms with Gasteiger partial charge in [0.2, 0.25) is 23.5 Å². The zero-order chi connectivity index (χ0) is 15.0. The molecule has 8 heteroatoms. The molecule has 8 nitrogen and oxygen atoms in total. The molecule has 3 heterocycles. The Morgan fingerprint density at radius 3 is 2.52 bits per heavy atom. The van der Waals surface area contributed by atoms with Crippen LogP contribution >= 0.6 is 0 Å². The van der Waals surface area contributed by atoms with Gasteiger partial charge in [0, 0.05) is 25.9 Å². The molecule has 21 heavy (non-hydrogen) atoms. The first-order valence-electron chi connectivity index (χ1n) is 7.30. The molecule has 1 amide bonds. The summed E-state index contributed by atoms with van der Waals surface area (Å²) in [5.41, 5.74) is 4.25. The molecule has 2 saturated heterocycles. The van der Waals surface area contributed by atoms with Gasteiger partial charge in [0.25, 0.3) is 0 Å². The van der Waals surface area contributed by atoms with E-state index in [1.807, 2.05) is 4.90 Å². The Morgan fingerprint density at radius 1 is 1.24 bits per heavy atom. The standard InChI is InChI=1S/C13H19N5O3/c14-11-15-12(17-7-3-1-2-4-8-17)16-13(10(20)21)6-5-9(19)18(11)13/h1-8H2,(H,20,21)(H2,14,15,16). The Labute approximate surface area is 122 Å². The first kappa shape index (κ1) is 13.8. The molecule has 0 aliphatic carbocycles. The van der Waals surface area contributed by atoms with E-state index in [4.69, 9.17) is 5.73 Å². The van der Waals surface area contributed by atoms with Gasteiger partial charge in [-0.25, -0.2) is 14.7 Å². The minimum atomic E-state index is -1.61. The van der Waals surface area contributed by atoms with Gasteiger partial charge in [-0.15, -0.1) is 0 Å². The number of aliphatic carboxylic acids is 1. The number of carbonyl (C=O) groups excluding carboxylic acids is 1. The summed E-state index contributed by atoms with van der Waals surface area (Å²) in [4.78, 5) is 35.1. The molecule has 1 atom stereocenters. The van der Waals surface area contributed by atoms with Gasteiger partial charge in [-0.1, -0.05) is 12.8 Å². The number of amides is 1. The van der Waals surface area contributed by atoms with Crippen molar-refractivity contribution in [3.8, 4) is 0 Å². The smallest absolute Gasteiger partial charge is 0.353 e. The molecule has 1 unspecified atom stereocenters. The van der Waals surface area contributed by atoms with E-state index in [9.17, 15) is 14.7 Å². The number of carboxylic acids is 1. The maximum Gasteiger partial charge on any atom is 0.353 e. The quantitative estimate of drug-likeness (QED) is 0.704. The van der Waals surface area contributed by atoms with Crippen LogP contribution in [0.4, 0.5) is 0 Å². The molecule has 3 rings (SSSR count). The van der Waals surface area contributed by atoms with Gasteiger partial charge in [0.05, 0.1) is 0 Å². The van der Waals surface area contributed by atoms with Crippen molar-refractivity contribution in [2.75, 3.05) is 13.1 Å². The van der Waals surface area contributed by atoms with Gasteiger partial charge in [-0.3, -0.25) is 4.79 Å². The highest BCUT2D eigenvalue weighted by Crippen LogP contribution is 2.34. The van der Waals surface area contributed by atoms with Crippen LogP contribution in [0.3, 0.4) is 0 Å². The van der Waals surface area contributed by atoms with E-state index in [-0.39, 0.29) is 24.7 Å². The van der Waals surface area contributed by atoms with E-state index < -0.39 is 11.6 Å². The first-order chi connectivity index (χ1) is 10.0. The lowest BCUT2D eigenvalue weighted by molar-refractivity contribution is -0.150. The zero-order valence-corrected chi connectivity index (χ0v) is 11.8. The average molecular weight is 293 g/mol. The predicted molar refractivity (Wildman–Crippen MR) is 75.5 cm³/mol. The van der Waals surface area contributed by atoms with E-state index in [0.717, 1.165) is 43.7 Å². The topological polar surface area (TPSA) is 112 Å². The maximum atomic E-state index is 11.9. The van der Waals surface area contributed by atoms with Crippen molar-refractivity contribution in [3.05, 3.63) is 0 Å². The summed E-state index contributed by atoms with van der Waals surface area (Å²) in [6.45, 7) is 1.58. The van der Waals surface area contributed by atoms with Gasteiger partial charge < -0.3 is 15.7 Å². The summed E-state index contributed by atoms with van der Waals surface area (Å²) in [6.07, 6.45) is 4.61. The molecule has 0 aromatic carbocycles. The van der Waals surface area contributed by atoms with Crippen molar-refractivity contribution >= 4 is 23.8 Å². The van der Waals surface area contributed by atoms with Crippen LogP contribution in [0.2, 0.25) is 0 Å². The number of hydrogen-bond donors (Lipinski definition) is 2. The summed E-state index contributed by atoms with van der Waals surface area (Å²) >= 11 is 0. The third-order valence-corrected chi connectivity index (χ3v) is 4.27. The van der Waals surface area contributed by atoms with Crippen molar-refractivity contribution in [1.29, 1.82) is 0 Å². The number of carbonyl (C=O) groups is 2. The van der Waals surface area contributed by atoms with Crippen molar-refractivity contribution in [1.82, 2.24) is 9.80 Å². The van der Waals surface area contributed by atoms with E-state index >= 15 is 0 Å². The van der Waals surface area contributed by atoms with Gasteiger partial charge in [0.1, 0.15) is 0 Å². The lowest BCUT2D eigenvalue weighted by atomic mass is 10.1. The van der Waals surface area contributed by atoms with Crippen molar-refractivity contribution in [2.24, 2.45) is 15.7 Å². The normalized spacial score (nSPS) is 29.6. The summed E-state index contributed by atoms with van der Waals surface area (Å²) in [5.74, 6) is -1.20. The minimum absolute atomic E-state index is 0.0610. The molecule has 2 fully saturated rings. The average Bonchev–Trinajstić information content (AvgIpc) is 2.65. The largest absolute Gasteiger partial charge is 0.478 e. The van der Waals surface area contributed by atoms with Crippen LogP contribution in [0.25, 0.3) is 0 Å². The van der Waals surface area contributed by atoms with Crippen LogP contribution in [0.5, 0.6) is 0 Å². The van der Waals surface area contributed by atoms with Crippen LogP contribution in [-0.4, -0.2) is 57.5 Å². The van der Waals surface area contributed by atoms with E-state index in [2.05, 4.69) is 9.98 Å². The van der Waals surface area contributed by atoms with Crippen molar-refractivity contribution in [3.63, 3.8) is 0 Å². The van der Waals surface area contributed by atoms with E-state index in [0.29, 0.717) is 5.96 Å². The molecule has 0 aromatic rings. The second-order valence-electron chi connectivity index (χ2n) is 5.63. The molecule has 0 bridgehead atoms. The molecule has 0 aromatic heterocycles. The highest BCUT2D eigenvalue weighted by Gasteiger charge is 2.55. The second-order valence-corrected chi connectivity index (χ2v) is 5.63. The summed E-state index contributed by atoms with van der Waals surface area (Å²) < 4.78 is 0. The first-order valence-corrected chi connectivity index (χ1v) is 7.30. The number of nitrogens with two attached hydrogens (primary N) is 1. The number of likely N-dealkylation sites (tertiary alicyclic amines) is 1. The molecule has 0 saturated carbocycles. The van der Waals surface area contributed by atoms with Crippen LogP contribution in [-0.2, 0) is 9.59 Å². The van der Waals surface area contributed by atoms with Crippen LogP contribution in [0.15, 0.2) is 9.98 Å². The number of guanidine groups is 2. The third kappa shape index (κ3) is 2.14. The molecule has 0 spiro atoms. The molecule has 3 aliphatic rings.